The lowest BCUT2D eigenvalue weighted by molar-refractivity contribution is -0.156. The predicted molar refractivity (Wildman–Crippen MR) is 156 cm³/mol. The molecule has 3 aliphatic heterocycles. The Morgan fingerprint density at radius 2 is 2.00 bits per heavy atom. The van der Waals surface area contributed by atoms with E-state index in [-0.39, 0.29) is 43.5 Å². The van der Waals surface area contributed by atoms with Crippen molar-refractivity contribution in [1.82, 2.24) is 4.90 Å². The molecule has 3 fully saturated rings. The molecule has 0 aliphatic carbocycles. The van der Waals surface area contributed by atoms with Crippen molar-refractivity contribution >= 4 is 46.8 Å². The van der Waals surface area contributed by atoms with Crippen molar-refractivity contribution in [3.63, 3.8) is 0 Å². The van der Waals surface area contributed by atoms with Crippen molar-refractivity contribution in [1.29, 1.82) is 0 Å². The van der Waals surface area contributed by atoms with Crippen LogP contribution in [0.15, 0.2) is 49.6 Å². The summed E-state index contributed by atoms with van der Waals surface area (Å²) in [5.74, 6) is -2.43. The van der Waals surface area contributed by atoms with Gasteiger partial charge in [-0.3, -0.25) is 14.4 Å². The number of anilines is 1. The first-order valence-corrected chi connectivity index (χ1v) is 14.8. The minimum absolute atomic E-state index is 0.111. The van der Waals surface area contributed by atoms with E-state index in [1.165, 1.54) is 0 Å². The van der Waals surface area contributed by atoms with Gasteiger partial charge in [-0.05, 0) is 50.7 Å². The predicted octanol–water partition coefficient (Wildman–Crippen LogP) is 4.87. The van der Waals surface area contributed by atoms with E-state index in [1.54, 1.807) is 51.9 Å². The number of unbranched alkanes of at least 4 members (excludes halogenated alkanes) is 1. The number of aliphatic hydroxyl groups excluding tert-OH is 1. The van der Waals surface area contributed by atoms with Gasteiger partial charge in [0.05, 0.1) is 46.5 Å². The molecule has 7 nitrogen and oxygen atoms in total. The highest BCUT2D eigenvalue weighted by Gasteiger charge is 2.78. The number of para-hydroxylation sites is 1. The number of allylic oxidation sites excluding steroid dienone is 1. The molecule has 4 rings (SSSR count). The number of carbonyl (C=O) groups excluding carboxylic acids is 3. The average Bonchev–Trinajstić information content (AvgIpc) is 3.46. The Bertz CT molecular complexity index is 1140. The summed E-state index contributed by atoms with van der Waals surface area (Å²) in [5, 5.41) is 10.9. The largest absolute Gasteiger partial charge is 0.465 e. The number of halogens is 1. The van der Waals surface area contributed by atoms with Crippen LogP contribution in [-0.4, -0.2) is 69.1 Å². The van der Waals surface area contributed by atoms with Crippen molar-refractivity contribution in [3.8, 4) is 0 Å². The molecule has 0 aromatic heterocycles. The summed E-state index contributed by atoms with van der Waals surface area (Å²) < 4.78 is 4.34. The molecule has 3 heterocycles. The fraction of sp³-hybridized carbons (Fsp3) is 0.567. The summed E-state index contributed by atoms with van der Waals surface area (Å²) in [7, 11) is 0. The van der Waals surface area contributed by atoms with Crippen LogP contribution in [0.5, 0.6) is 0 Å². The molecule has 212 valence electrons. The van der Waals surface area contributed by atoms with Crippen LogP contribution in [0.2, 0.25) is 5.02 Å². The Hall–Kier alpha value is -2.29. The number of esters is 1. The fourth-order valence-electron chi connectivity index (χ4n) is 6.72. The summed E-state index contributed by atoms with van der Waals surface area (Å²) in [5.41, 5.74) is 0.531. The molecule has 1 aromatic carbocycles. The molecule has 0 radical (unpaired) electrons. The number of hydrogen-bond donors (Lipinski definition) is 1. The maximum Gasteiger partial charge on any atom is 0.311 e. The Kier molecular flexibility index (Phi) is 8.89. The minimum Gasteiger partial charge on any atom is -0.465 e. The van der Waals surface area contributed by atoms with E-state index in [9.17, 15) is 19.5 Å². The summed E-state index contributed by atoms with van der Waals surface area (Å²) in [6, 6.07) is 5.64. The first kappa shape index (κ1) is 29.7. The first-order chi connectivity index (χ1) is 18.6. The smallest absolute Gasteiger partial charge is 0.311 e. The van der Waals surface area contributed by atoms with Crippen molar-refractivity contribution < 1.29 is 24.2 Å². The van der Waals surface area contributed by atoms with E-state index in [2.05, 4.69) is 13.2 Å². The number of likely N-dealkylation sites (tertiary alicyclic amines) is 1. The molecule has 6 atom stereocenters. The number of benzene rings is 1. The number of hydrogen-bond acceptors (Lipinski definition) is 6. The topological polar surface area (TPSA) is 87.1 Å². The van der Waals surface area contributed by atoms with Crippen molar-refractivity contribution in [2.45, 2.75) is 68.0 Å². The lowest BCUT2D eigenvalue weighted by atomic mass is 9.66. The molecular formula is C30H39ClN2O5S. The molecule has 9 heteroatoms. The average molecular weight is 575 g/mol. The van der Waals surface area contributed by atoms with Crippen LogP contribution in [0.3, 0.4) is 0 Å². The second kappa shape index (κ2) is 11.7. The third-order valence-corrected chi connectivity index (χ3v) is 10.8. The van der Waals surface area contributed by atoms with Gasteiger partial charge in [-0.15, -0.1) is 24.9 Å². The van der Waals surface area contributed by atoms with E-state index in [0.717, 1.165) is 6.42 Å². The van der Waals surface area contributed by atoms with E-state index in [0.29, 0.717) is 30.0 Å². The van der Waals surface area contributed by atoms with Crippen LogP contribution >= 0.6 is 23.4 Å². The molecule has 1 spiro atoms. The number of carbonyl (C=O) groups is 3. The van der Waals surface area contributed by atoms with Gasteiger partial charge in [0.25, 0.3) is 5.91 Å². The molecule has 1 N–H and O–H groups in total. The van der Waals surface area contributed by atoms with Crippen molar-refractivity contribution in [3.05, 3.63) is 54.6 Å². The third-order valence-electron chi connectivity index (χ3n) is 8.53. The van der Waals surface area contributed by atoms with Crippen LogP contribution in [0.4, 0.5) is 5.69 Å². The normalized spacial score (nSPS) is 29.8. The number of nitrogens with zero attached hydrogens (tertiary/aromatic N) is 2. The highest BCUT2D eigenvalue weighted by atomic mass is 35.5. The number of ether oxygens (including phenoxy) is 1. The molecule has 3 saturated heterocycles. The van der Waals surface area contributed by atoms with Crippen LogP contribution in [0, 0.1) is 17.8 Å². The quantitative estimate of drug-likeness (QED) is 0.218. The Balaban J connectivity index is 1.80. The third kappa shape index (κ3) is 4.93. The van der Waals surface area contributed by atoms with Crippen LogP contribution in [0.25, 0.3) is 0 Å². The molecule has 0 saturated carbocycles. The fourth-order valence-corrected chi connectivity index (χ4v) is 9.29. The maximum absolute atomic E-state index is 14.6. The van der Waals surface area contributed by atoms with Crippen molar-refractivity contribution in [2.24, 2.45) is 17.8 Å². The van der Waals surface area contributed by atoms with Gasteiger partial charge in [-0.2, -0.15) is 0 Å². The highest BCUT2D eigenvalue weighted by Crippen LogP contribution is 2.72. The van der Waals surface area contributed by atoms with Crippen LogP contribution in [-0.2, 0) is 19.1 Å². The zero-order chi connectivity index (χ0) is 28.5. The molecule has 3 aliphatic rings. The standard InChI is InChI=1S/C30H39ClN2O5S/c1-6-8-11-17-38-28(37)24-23-26(35)33(22(18-34)19(3)4)25(30(23)15-14-29(24,5)39-30)27(36)32(16-7-2)21-13-10-9-12-20(21)31/h6-7,9-10,12-13,19,22-25,34H,1-2,8,11,14-18H2,3-5H3/t22-,23-,24+,25?,29-,30?/m0/s1. The second-order valence-electron chi connectivity index (χ2n) is 11.3. The zero-order valence-electron chi connectivity index (χ0n) is 23.0. The number of aliphatic hydroxyl groups is 1. The number of rotatable bonds is 12. The van der Waals surface area contributed by atoms with Crippen molar-refractivity contribution in [2.75, 3.05) is 24.7 Å². The summed E-state index contributed by atoms with van der Waals surface area (Å²) in [6.07, 6.45) is 6.10. The highest BCUT2D eigenvalue weighted by molar-refractivity contribution is 8.02. The molecular weight excluding hydrogens is 536 g/mol. The maximum atomic E-state index is 14.6. The summed E-state index contributed by atoms with van der Waals surface area (Å²) in [4.78, 5) is 45.7. The van der Waals surface area contributed by atoms with Gasteiger partial charge < -0.3 is 19.6 Å². The van der Waals surface area contributed by atoms with Gasteiger partial charge in [0.2, 0.25) is 5.91 Å². The number of fused-ring (bicyclic) bond motifs is 1. The van der Waals surface area contributed by atoms with E-state index in [1.807, 2.05) is 26.8 Å². The molecule has 1 aromatic rings. The second-order valence-corrected chi connectivity index (χ2v) is 13.6. The Morgan fingerprint density at radius 3 is 2.62 bits per heavy atom. The SMILES string of the molecule is C=CCCCOC(=O)[C@H]1[C@H]2C(=O)N([C@@H](CO)C(C)C)C(C(=O)N(CC=C)c3ccccc3Cl)C23CC[C@]1(C)S3. The van der Waals surface area contributed by atoms with Gasteiger partial charge in [0.15, 0.2) is 0 Å². The van der Waals surface area contributed by atoms with Gasteiger partial charge in [0, 0.05) is 11.3 Å². The van der Waals surface area contributed by atoms with Crippen LogP contribution < -0.4 is 4.90 Å². The van der Waals surface area contributed by atoms with Gasteiger partial charge >= 0.3 is 5.97 Å². The number of amides is 2. The lowest BCUT2D eigenvalue weighted by Gasteiger charge is -2.40. The molecule has 39 heavy (non-hydrogen) atoms. The van der Waals surface area contributed by atoms with Gasteiger partial charge in [-0.1, -0.05) is 49.7 Å². The number of thioether (sulfide) groups is 1. The van der Waals surface area contributed by atoms with Gasteiger partial charge in [0.1, 0.15) is 6.04 Å². The Labute approximate surface area is 240 Å². The molecule has 2 unspecified atom stereocenters. The zero-order valence-corrected chi connectivity index (χ0v) is 24.5. The van der Waals surface area contributed by atoms with E-state index < -0.39 is 33.4 Å². The monoisotopic (exact) mass is 574 g/mol. The first-order valence-electron chi connectivity index (χ1n) is 13.7. The summed E-state index contributed by atoms with van der Waals surface area (Å²) in [6.45, 7) is 13.6. The van der Waals surface area contributed by atoms with E-state index >= 15 is 0 Å². The molecule has 2 amide bonds. The van der Waals surface area contributed by atoms with E-state index in [4.69, 9.17) is 16.3 Å². The minimum atomic E-state index is -0.879. The lowest BCUT2D eigenvalue weighted by Crippen LogP contribution is -2.58. The van der Waals surface area contributed by atoms with Gasteiger partial charge in [-0.25, -0.2) is 0 Å². The summed E-state index contributed by atoms with van der Waals surface area (Å²) >= 11 is 8.12. The Morgan fingerprint density at radius 1 is 1.28 bits per heavy atom. The molecule has 2 bridgehead atoms. The van der Waals surface area contributed by atoms with Crippen LogP contribution in [0.1, 0.15) is 46.5 Å².